The van der Waals surface area contributed by atoms with Gasteiger partial charge in [0.25, 0.3) is 11.8 Å². The Morgan fingerprint density at radius 1 is 0.792 bits per heavy atom. The summed E-state index contributed by atoms with van der Waals surface area (Å²) >= 11 is 0. The van der Waals surface area contributed by atoms with Crippen molar-refractivity contribution in [3.63, 3.8) is 0 Å². The molecule has 3 heterocycles. The fraction of sp³-hybridized carbons (Fsp3) is 0.745. The average molecular weight is 1090 g/mol. The quantitative estimate of drug-likeness (QED) is 0.0333. The Morgan fingerprint density at radius 3 is 1.84 bits per heavy atom. The van der Waals surface area contributed by atoms with Crippen LogP contribution in [-0.2, 0) is 62.2 Å². The summed E-state index contributed by atoms with van der Waals surface area (Å²) in [7, 11) is 8.06. The van der Waals surface area contributed by atoms with Crippen molar-refractivity contribution in [3.8, 4) is 0 Å². The summed E-state index contributed by atoms with van der Waals surface area (Å²) in [4.78, 5) is 152. The van der Waals surface area contributed by atoms with Gasteiger partial charge in [-0.05, 0) is 58.0 Å². The molecule has 9 amide bonds. The summed E-state index contributed by atoms with van der Waals surface area (Å²) in [5, 5.41) is 45.3. The summed E-state index contributed by atoms with van der Waals surface area (Å²) in [5.41, 5.74) is -1.67. The first-order valence-electron chi connectivity index (χ1n) is 26.2. The van der Waals surface area contributed by atoms with Crippen LogP contribution >= 0.6 is 0 Å². The molecule has 77 heavy (non-hydrogen) atoms. The van der Waals surface area contributed by atoms with Crippen LogP contribution in [0.1, 0.15) is 93.9 Å². The van der Waals surface area contributed by atoms with Crippen LogP contribution in [0.15, 0.2) is 12.2 Å². The van der Waals surface area contributed by atoms with Gasteiger partial charge in [-0.1, -0.05) is 54.9 Å². The zero-order chi connectivity index (χ0) is 58.4. The van der Waals surface area contributed by atoms with E-state index in [2.05, 4.69) is 31.9 Å². The number of carbonyl (C=O) groups is 11. The number of rotatable bonds is 31. The van der Waals surface area contributed by atoms with Gasteiger partial charge >= 0.3 is 11.9 Å². The van der Waals surface area contributed by atoms with Crippen LogP contribution in [-0.4, -0.2) is 228 Å². The van der Waals surface area contributed by atoms with Gasteiger partial charge in [0.05, 0.1) is 48.8 Å². The molecule has 434 valence electrons. The van der Waals surface area contributed by atoms with Gasteiger partial charge < -0.3 is 66.5 Å². The summed E-state index contributed by atoms with van der Waals surface area (Å²) < 4.78 is 11.9. The molecule has 3 aliphatic rings. The molecule has 2 saturated heterocycles. The normalized spacial score (nSPS) is 20.4. The molecule has 0 unspecified atom stereocenters. The molecule has 0 aromatic heterocycles. The number of ether oxygens (including phenoxy) is 2. The molecular weight excluding hydrogens is 1010 g/mol. The van der Waals surface area contributed by atoms with Crippen LogP contribution < -0.4 is 31.9 Å². The van der Waals surface area contributed by atoms with Gasteiger partial charge in [0, 0.05) is 66.0 Å². The lowest BCUT2D eigenvalue weighted by Crippen LogP contribution is -2.76. The highest BCUT2D eigenvalue weighted by Crippen LogP contribution is 2.30. The molecule has 26 heteroatoms. The minimum absolute atomic E-state index is 0.0341. The number of aliphatic hydroxyl groups excluding tert-OH is 1. The van der Waals surface area contributed by atoms with Crippen molar-refractivity contribution in [3.05, 3.63) is 12.2 Å². The SMILES string of the molecule is CC[C@H](C)[C@@H]([C@@H](CC(=O)N1CCC[C@H]1[C@H](OC)[C@@H](C)C(=O)N[C@H](C(=O)N[C@@H](CCC(=O)O)C(=O)N[C@@H](CNC(=O)C1(N2C(=O)C=CC2=O)CNC1)C(=O)O)[C@@H](C)O)OC)N(C)C(=O)[C@@H](NC(=O)[C@H](C(C)C)N(C)C)C(C)C. The minimum Gasteiger partial charge on any atom is -0.481 e. The molecule has 0 aromatic rings. The first-order valence-corrected chi connectivity index (χ1v) is 26.2. The molecule has 3 aliphatic heterocycles. The number of aliphatic carboxylic acids is 2. The van der Waals surface area contributed by atoms with E-state index in [1.165, 1.54) is 28.1 Å². The predicted molar refractivity (Wildman–Crippen MR) is 277 cm³/mol. The van der Waals surface area contributed by atoms with Crippen LogP contribution in [0.2, 0.25) is 0 Å². The van der Waals surface area contributed by atoms with E-state index in [1.54, 1.807) is 35.8 Å². The number of imide groups is 1. The summed E-state index contributed by atoms with van der Waals surface area (Å²) in [6.07, 6.45) is -1.27. The molecule has 0 saturated carbocycles. The van der Waals surface area contributed by atoms with Crippen LogP contribution in [0.25, 0.3) is 0 Å². The van der Waals surface area contributed by atoms with Crippen LogP contribution in [0.5, 0.6) is 0 Å². The van der Waals surface area contributed by atoms with E-state index < -0.39 is 139 Å². The van der Waals surface area contributed by atoms with Gasteiger partial charge in [-0.3, -0.25) is 57.7 Å². The van der Waals surface area contributed by atoms with E-state index in [9.17, 15) is 68.1 Å². The van der Waals surface area contributed by atoms with E-state index in [4.69, 9.17) is 9.47 Å². The van der Waals surface area contributed by atoms with Crippen molar-refractivity contribution in [2.75, 3.05) is 61.5 Å². The smallest absolute Gasteiger partial charge is 0.328 e. The zero-order valence-electron chi connectivity index (χ0n) is 46.7. The third kappa shape index (κ3) is 16.2. The number of carbonyl (C=O) groups excluding carboxylic acids is 9. The van der Waals surface area contributed by atoms with Gasteiger partial charge in [0.1, 0.15) is 24.2 Å². The first-order chi connectivity index (χ1) is 36.0. The fourth-order valence-corrected chi connectivity index (χ4v) is 10.3. The summed E-state index contributed by atoms with van der Waals surface area (Å²) in [6, 6.07) is -8.00. The lowest BCUT2D eigenvalue weighted by molar-refractivity contribution is -0.156. The number of likely N-dealkylation sites (N-methyl/N-ethyl adjacent to an activating group) is 2. The molecule has 0 aliphatic carbocycles. The Kier molecular flexibility index (Phi) is 24.6. The molecular formula is C51H84N10O16. The third-order valence-corrected chi connectivity index (χ3v) is 14.9. The second-order valence-corrected chi connectivity index (χ2v) is 21.3. The van der Waals surface area contributed by atoms with Crippen molar-refractivity contribution < 1.29 is 77.5 Å². The fourth-order valence-electron chi connectivity index (χ4n) is 10.3. The number of hydrogen-bond donors (Lipinski definition) is 9. The second kappa shape index (κ2) is 29.0. The second-order valence-electron chi connectivity index (χ2n) is 21.3. The lowest BCUT2D eigenvalue weighted by Gasteiger charge is -2.46. The molecule has 0 aromatic carbocycles. The average Bonchev–Trinajstić information content (AvgIpc) is 3.96. The minimum atomic E-state index is -1.87. The van der Waals surface area contributed by atoms with Gasteiger partial charge in [-0.2, -0.15) is 0 Å². The number of nitrogens with one attached hydrogen (secondary N) is 6. The highest BCUT2D eigenvalue weighted by molar-refractivity contribution is 6.16. The standard InChI is InChI=1S/C51H84N10O16/c1-14-28(6)42(59(11)48(72)39(26(2)3)56-47(71)41(27(4)5)58(9)10)34(76-12)22-37(65)60-21-15-16-33(60)43(77-13)29(7)44(68)57-40(30(8)62)46(70)54-31(17-20-38(66)67)45(69)55-32(49(73)74)23-53-50(75)51(24-52-25-51)61-35(63)18-19-36(61)64/h18-19,26-34,39-43,52,62H,14-17,20-25H2,1-13H3,(H,53,75)(H,54,70)(H,55,69)(H,56,71)(H,57,68)(H,66,67)(H,73,74)/t28-,29+,30+,31-,32-,33-,34+,39-,40-,41-,42-,43+/m0/s1. The maximum Gasteiger partial charge on any atom is 0.328 e. The van der Waals surface area contributed by atoms with E-state index in [1.807, 2.05) is 41.5 Å². The lowest BCUT2D eigenvalue weighted by atomic mass is 9.88. The van der Waals surface area contributed by atoms with Gasteiger partial charge in [-0.15, -0.1) is 0 Å². The Bertz CT molecular complexity index is 2160. The molecule has 2 fully saturated rings. The largest absolute Gasteiger partial charge is 0.481 e. The van der Waals surface area contributed by atoms with E-state index in [-0.39, 0.29) is 55.0 Å². The van der Waals surface area contributed by atoms with Crippen molar-refractivity contribution in [2.24, 2.45) is 23.7 Å². The number of methoxy groups -OCH3 is 2. The van der Waals surface area contributed by atoms with Crippen LogP contribution in [0.4, 0.5) is 0 Å². The van der Waals surface area contributed by atoms with Crippen molar-refractivity contribution in [1.29, 1.82) is 0 Å². The Morgan fingerprint density at radius 2 is 1.38 bits per heavy atom. The monoisotopic (exact) mass is 1090 g/mol. The number of likely N-dealkylation sites (tertiary alicyclic amines) is 1. The maximum atomic E-state index is 14.4. The van der Waals surface area contributed by atoms with Gasteiger partial charge in [0.15, 0.2) is 5.54 Å². The predicted octanol–water partition coefficient (Wildman–Crippen LogP) is -2.20. The molecule has 12 atom stereocenters. The molecule has 9 N–H and O–H groups in total. The van der Waals surface area contributed by atoms with Crippen LogP contribution in [0, 0.1) is 23.7 Å². The summed E-state index contributed by atoms with van der Waals surface area (Å²) in [5.74, 6) is -11.1. The van der Waals surface area contributed by atoms with Crippen molar-refractivity contribution in [1.82, 2.24) is 51.5 Å². The Balaban J connectivity index is 1.77. The zero-order valence-corrected chi connectivity index (χ0v) is 46.7. The van der Waals surface area contributed by atoms with E-state index in [0.717, 1.165) is 17.1 Å². The number of carboxylic acid groups (broad SMARTS) is 2. The van der Waals surface area contributed by atoms with Crippen molar-refractivity contribution >= 4 is 65.1 Å². The Labute approximate surface area is 450 Å². The molecule has 0 radical (unpaired) electrons. The molecule has 3 rings (SSSR count). The number of carboxylic acids is 2. The number of hydrogen-bond acceptors (Lipinski definition) is 16. The Hall–Kier alpha value is -6.09. The first kappa shape index (κ1) is 65.2. The van der Waals surface area contributed by atoms with E-state index in [0.29, 0.717) is 25.8 Å². The summed E-state index contributed by atoms with van der Waals surface area (Å²) in [6.45, 7) is 13.4. The maximum absolute atomic E-state index is 14.4. The topological polar surface area (TPSA) is 352 Å². The highest BCUT2D eigenvalue weighted by atomic mass is 16.5. The van der Waals surface area contributed by atoms with Crippen LogP contribution in [0.3, 0.4) is 0 Å². The van der Waals surface area contributed by atoms with E-state index >= 15 is 0 Å². The number of aliphatic hydroxyl groups is 1. The van der Waals surface area contributed by atoms with Gasteiger partial charge in [-0.25, -0.2) is 4.79 Å². The molecule has 26 nitrogen and oxygen atoms in total. The number of nitrogens with zero attached hydrogens (tertiary/aromatic N) is 4. The number of amides is 9. The van der Waals surface area contributed by atoms with Gasteiger partial charge in [0.2, 0.25) is 41.4 Å². The van der Waals surface area contributed by atoms with Crippen molar-refractivity contribution in [2.45, 2.75) is 160 Å². The third-order valence-electron chi connectivity index (χ3n) is 14.9. The highest BCUT2D eigenvalue weighted by Gasteiger charge is 2.55. The molecule has 0 bridgehead atoms. The molecule has 0 spiro atoms.